The minimum Gasteiger partial charge on any atom is -0.305 e. The van der Waals surface area contributed by atoms with Gasteiger partial charge in [-0.25, -0.2) is 13.4 Å². The summed E-state index contributed by atoms with van der Waals surface area (Å²) >= 11 is 6.72. The first-order chi connectivity index (χ1) is 9.78. The van der Waals surface area contributed by atoms with E-state index in [0.717, 1.165) is 23.4 Å². The molecule has 0 saturated heterocycles. The van der Waals surface area contributed by atoms with Crippen molar-refractivity contribution in [2.24, 2.45) is 0 Å². The minimum atomic E-state index is -3.66. The van der Waals surface area contributed by atoms with Crippen LogP contribution < -0.4 is 4.72 Å². The summed E-state index contributed by atoms with van der Waals surface area (Å²) < 4.78 is 27.6. The van der Waals surface area contributed by atoms with Crippen molar-refractivity contribution in [3.05, 3.63) is 40.0 Å². The van der Waals surface area contributed by atoms with Crippen LogP contribution in [0.15, 0.2) is 28.5 Å². The number of halogens is 1. The number of thiazole rings is 1. The molecule has 0 amide bonds. The molecule has 0 spiro atoms. The Morgan fingerprint density at radius 3 is 2.67 bits per heavy atom. The summed E-state index contributed by atoms with van der Waals surface area (Å²) in [5.74, 6) is 0. The van der Waals surface area contributed by atoms with E-state index in [1.807, 2.05) is 37.2 Å². The molecule has 1 N–H and O–H groups in total. The molecule has 5 nitrogen and oxygen atoms in total. The van der Waals surface area contributed by atoms with Crippen LogP contribution in [0.25, 0.3) is 0 Å². The third kappa shape index (κ3) is 4.16. The lowest BCUT2D eigenvalue weighted by Gasteiger charge is -2.12. The van der Waals surface area contributed by atoms with Gasteiger partial charge in [-0.3, -0.25) is 4.72 Å². The molecule has 0 atom stereocenters. The fourth-order valence-corrected chi connectivity index (χ4v) is 4.69. The summed E-state index contributed by atoms with van der Waals surface area (Å²) in [5, 5.41) is 0. The lowest BCUT2D eigenvalue weighted by molar-refractivity contribution is 0.402. The Morgan fingerprint density at radius 2 is 2.10 bits per heavy atom. The lowest BCUT2D eigenvalue weighted by atomic mass is 10.2. The smallest absolute Gasteiger partial charge is 0.273 e. The topological polar surface area (TPSA) is 62.3 Å². The molecule has 2 aromatic rings. The number of nitrogens with one attached hydrogen (secondary N) is 1. The fraction of sp³-hybridized carbons (Fsp3) is 0.308. The zero-order valence-electron chi connectivity index (χ0n) is 11.9. The normalized spacial score (nSPS) is 11.9. The van der Waals surface area contributed by atoms with Gasteiger partial charge in [0.1, 0.15) is 0 Å². The summed E-state index contributed by atoms with van der Waals surface area (Å²) in [6.45, 7) is 2.36. The summed E-state index contributed by atoms with van der Waals surface area (Å²) in [6, 6.07) is 7.31. The molecule has 0 unspecified atom stereocenters. The molecule has 21 heavy (non-hydrogen) atoms. The molecule has 0 aliphatic heterocycles. The van der Waals surface area contributed by atoms with Gasteiger partial charge < -0.3 is 4.90 Å². The SMILES string of the molecule is Cc1nc(Cl)sc1S(=O)(=O)Nc1cccc(CN(C)C)c1. The first kappa shape index (κ1) is 16.2. The zero-order valence-corrected chi connectivity index (χ0v) is 14.3. The predicted octanol–water partition coefficient (Wildman–Crippen LogP) is 2.97. The highest BCUT2D eigenvalue weighted by Crippen LogP contribution is 2.28. The van der Waals surface area contributed by atoms with Crippen molar-refractivity contribution < 1.29 is 8.42 Å². The molecular formula is C13H16ClN3O2S2. The number of aryl methyl sites for hydroxylation is 1. The Bertz CT molecular complexity index is 742. The maximum Gasteiger partial charge on any atom is 0.273 e. The van der Waals surface area contributed by atoms with Gasteiger partial charge in [-0.05, 0) is 38.7 Å². The van der Waals surface area contributed by atoms with Gasteiger partial charge in [0.25, 0.3) is 10.0 Å². The Labute approximate surface area is 133 Å². The molecule has 0 aliphatic rings. The van der Waals surface area contributed by atoms with Crippen LogP contribution in [0.2, 0.25) is 4.47 Å². The van der Waals surface area contributed by atoms with E-state index >= 15 is 0 Å². The van der Waals surface area contributed by atoms with Crippen molar-refractivity contribution in [1.29, 1.82) is 0 Å². The van der Waals surface area contributed by atoms with Gasteiger partial charge in [-0.15, -0.1) is 0 Å². The highest BCUT2D eigenvalue weighted by molar-refractivity contribution is 7.94. The number of rotatable bonds is 5. The minimum absolute atomic E-state index is 0.144. The van der Waals surface area contributed by atoms with Crippen LogP contribution in [0.4, 0.5) is 5.69 Å². The second-order valence-corrected chi connectivity index (χ2v) is 8.34. The van der Waals surface area contributed by atoms with E-state index in [1.165, 1.54) is 0 Å². The fourth-order valence-electron chi connectivity index (χ4n) is 1.90. The van der Waals surface area contributed by atoms with Gasteiger partial charge in [0, 0.05) is 12.2 Å². The molecule has 8 heteroatoms. The summed E-state index contributed by atoms with van der Waals surface area (Å²) in [6.07, 6.45) is 0. The number of anilines is 1. The second kappa shape index (κ2) is 6.31. The molecule has 0 saturated carbocycles. The maximum absolute atomic E-state index is 12.4. The number of hydrogen-bond donors (Lipinski definition) is 1. The van der Waals surface area contributed by atoms with Gasteiger partial charge in [-0.1, -0.05) is 35.1 Å². The van der Waals surface area contributed by atoms with Crippen molar-refractivity contribution >= 4 is 38.6 Å². The van der Waals surface area contributed by atoms with Gasteiger partial charge in [-0.2, -0.15) is 0 Å². The summed E-state index contributed by atoms with van der Waals surface area (Å²) in [4.78, 5) is 5.95. The zero-order chi connectivity index (χ0) is 15.6. The molecule has 1 heterocycles. The summed E-state index contributed by atoms with van der Waals surface area (Å²) in [7, 11) is 0.255. The van der Waals surface area contributed by atoms with E-state index in [2.05, 4.69) is 9.71 Å². The van der Waals surface area contributed by atoms with Crippen molar-refractivity contribution in [2.45, 2.75) is 17.7 Å². The van der Waals surface area contributed by atoms with Crippen LogP contribution in [0.3, 0.4) is 0 Å². The largest absolute Gasteiger partial charge is 0.305 e. The second-order valence-electron chi connectivity index (χ2n) is 4.88. The molecule has 0 bridgehead atoms. The van der Waals surface area contributed by atoms with Crippen molar-refractivity contribution in [3.8, 4) is 0 Å². The van der Waals surface area contributed by atoms with Gasteiger partial charge in [0.05, 0.1) is 5.69 Å². The number of hydrogen-bond acceptors (Lipinski definition) is 5. The lowest BCUT2D eigenvalue weighted by Crippen LogP contribution is -2.14. The quantitative estimate of drug-likeness (QED) is 0.905. The van der Waals surface area contributed by atoms with E-state index in [0.29, 0.717) is 11.4 Å². The highest BCUT2D eigenvalue weighted by atomic mass is 35.5. The number of aromatic nitrogens is 1. The molecule has 1 aromatic carbocycles. The first-order valence-electron chi connectivity index (χ1n) is 6.17. The molecule has 2 rings (SSSR count). The predicted molar refractivity (Wildman–Crippen MR) is 86.5 cm³/mol. The van der Waals surface area contributed by atoms with Gasteiger partial charge >= 0.3 is 0 Å². The Balaban J connectivity index is 2.27. The van der Waals surface area contributed by atoms with Crippen molar-refractivity contribution in [1.82, 2.24) is 9.88 Å². The third-order valence-corrected chi connectivity index (χ3v) is 5.90. The third-order valence-electron chi connectivity index (χ3n) is 2.65. The van der Waals surface area contributed by atoms with Gasteiger partial charge in [0.15, 0.2) is 8.68 Å². The van der Waals surface area contributed by atoms with Crippen LogP contribution in [0.5, 0.6) is 0 Å². The average molecular weight is 346 g/mol. The number of nitrogens with zero attached hydrogens (tertiary/aromatic N) is 2. The van der Waals surface area contributed by atoms with E-state index in [1.54, 1.807) is 13.0 Å². The van der Waals surface area contributed by atoms with Crippen LogP contribution in [0.1, 0.15) is 11.3 Å². The Hall–Kier alpha value is -1.15. The molecule has 0 radical (unpaired) electrons. The van der Waals surface area contributed by atoms with Crippen molar-refractivity contribution in [2.75, 3.05) is 18.8 Å². The molecular weight excluding hydrogens is 330 g/mol. The monoisotopic (exact) mass is 345 g/mol. The van der Waals surface area contributed by atoms with Crippen LogP contribution >= 0.6 is 22.9 Å². The molecule has 0 aliphatic carbocycles. The van der Waals surface area contributed by atoms with Crippen LogP contribution in [-0.4, -0.2) is 32.4 Å². The van der Waals surface area contributed by atoms with Gasteiger partial charge in [0.2, 0.25) is 0 Å². The van der Waals surface area contributed by atoms with Crippen LogP contribution in [-0.2, 0) is 16.6 Å². The first-order valence-corrected chi connectivity index (χ1v) is 8.85. The molecule has 0 fully saturated rings. The Morgan fingerprint density at radius 1 is 1.38 bits per heavy atom. The average Bonchev–Trinajstić information content (AvgIpc) is 2.68. The van der Waals surface area contributed by atoms with E-state index in [4.69, 9.17) is 11.6 Å². The van der Waals surface area contributed by atoms with E-state index in [-0.39, 0.29) is 8.68 Å². The molecule has 1 aromatic heterocycles. The standard InChI is InChI=1S/C13H16ClN3O2S2/c1-9-12(20-13(14)15-9)21(18,19)16-11-6-4-5-10(7-11)8-17(2)3/h4-7,16H,8H2,1-3H3. The van der Waals surface area contributed by atoms with E-state index in [9.17, 15) is 8.42 Å². The maximum atomic E-state index is 12.4. The Kier molecular flexibility index (Phi) is 4.88. The highest BCUT2D eigenvalue weighted by Gasteiger charge is 2.21. The number of benzene rings is 1. The summed E-state index contributed by atoms with van der Waals surface area (Å²) in [5.41, 5.74) is 1.96. The van der Waals surface area contributed by atoms with E-state index < -0.39 is 10.0 Å². The van der Waals surface area contributed by atoms with Crippen LogP contribution in [0, 0.1) is 6.92 Å². The van der Waals surface area contributed by atoms with Crippen molar-refractivity contribution in [3.63, 3.8) is 0 Å². The number of sulfonamides is 1. The molecule has 114 valence electrons.